The van der Waals surface area contributed by atoms with Crippen molar-refractivity contribution in [3.05, 3.63) is 42.1 Å². The van der Waals surface area contributed by atoms with Crippen LogP contribution in [0, 0.1) is 0 Å². The number of carbonyl (C=O) groups excluding carboxylic acids is 1. The minimum absolute atomic E-state index is 0.0467. The van der Waals surface area contributed by atoms with Crippen molar-refractivity contribution < 1.29 is 23.0 Å². The number of benzene rings is 1. The summed E-state index contributed by atoms with van der Waals surface area (Å²) in [5, 5.41) is 7.77. The SMILES string of the molecule is CC(C)n1nc(-c2cccc(OC(F)F)c2)c2ncc(C=O)cc21.CNC1(C)CCOC1. The number of fused-ring (bicyclic) bond motifs is 1. The van der Waals surface area contributed by atoms with E-state index in [9.17, 15) is 13.6 Å². The maximum atomic E-state index is 12.4. The zero-order valence-electron chi connectivity index (χ0n) is 18.6. The number of rotatable bonds is 6. The number of aromatic nitrogens is 3. The molecule has 9 heteroatoms. The molecule has 0 saturated carbocycles. The van der Waals surface area contributed by atoms with E-state index in [1.165, 1.54) is 18.3 Å². The second kappa shape index (κ2) is 10.1. The Labute approximate surface area is 185 Å². The van der Waals surface area contributed by atoms with E-state index >= 15 is 0 Å². The predicted octanol–water partition coefficient (Wildman–Crippen LogP) is 4.48. The molecule has 1 fully saturated rings. The van der Waals surface area contributed by atoms with E-state index in [1.54, 1.807) is 22.9 Å². The number of pyridine rings is 1. The Hall–Kier alpha value is -2.91. The van der Waals surface area contributed by atoms with E-state index in [0.29, 0.717) is 27.9 Å². The third kappa shape index (κ3) is 5.46. The lowest BCUT2D eigenvalue weighted by molar-refractivity contribution is -0.0498. The number of halogens is 2. The van der Waals surface area contributed by atoms with Crippen molar-refractivity contribution in [1.82, 2.24) is 20.1 Å². The first-order valence-electron chi connectivity index (χ1n) is 10.4. The van der Waals surface area contributed by atoms with Gasteiger partial charge in [-0.05, 0) is 52.4 Å². The number of aldehydes is 1. The molecule has 0 amide bonds. The molecule has 4 rings (SSSR count). The molecule has 1 aliphatic rings. The summed E-state index contributed by atoms with van der Waals surface area (Å²) in [7, 11) is 1.98. The molecule has 1 unspecified atom stereocenters. The van der Waals surface area contributed by atoms with Crippen molar-refractivity contribution in [2.45, 2.75) is 45.4 Å². The van der Waals surface area contributed by atoms with E-state index < -0.39 is 6.61 Å². The highest BCUT2D eigenvalue weighted by molar-refractivity contribution is 5.93. The van der Waals surface area contributed by atoms with E-state index in [-0.39, 0.29) is 17.3 Å². The van der Waals surface area contributed by atoms with E-state index in [1.807, 2.05) is 20.9 Å². The first-order chi connectivity index (χ1) is 15.3. The summed E-state index contributed by atoms with van der Waals surface area (Å²) in [6.45, 7) is 4.99. The standard InChI is InChI=1S/C17H15F2N3O2.C6H13NO/c1-10(2)22-14-6-11(9-23)8-20-16(14)15(21-22)12-4-3-5-13(7-12)24-17(18)19;1-6(7-2)3-4-8-5-6/h3-10,17H,1-2H3;7H,3-5H2,1-2H3. The summed E-state index contributed by atoms with van der Waals surface area (Å²) < 4.78 is 36.2. The molecule has 1 N–H and O–H groups in total. The van der Waals surface area contributed by atoms with Gasteiger partial charge in [0.1, 0.15) is 17.0 Å². The molecular weight excluding hydrogens is 418 g/mol. The minimum Gasteiger partial charge on any atom is -0.435 e. The van der Waals surface area contributed by atoms with Gasteiger partial charge in [-0.1, -0.05) is 12.1 Å². The van der Waals surface area contributed by atoms with Crippen LogP contribution >= 0.6 is 0 Å². The van der Waals surface area contributed by atoms with E-state index in [2.05, 4.69) is 27.1 Å². The lowest BCUT2D eigenvalue weighted by Gasteiger charge is -2.19. The lowest BCUT2D eigenvalue weighted by Crippen LogP contribution is -2.39. The zero-order chi connectivity index (χ0) is 23.3. The van der Waals surface area contributed by atoms with Gasteiger partial charge in [0.05, 0.1) is 12.1 Å². The molecule has 2 aromatic heterocycles. The van der Waals surface area contributed by atoms with Gasteiger partial charge in [0, 0.05) is 35.5 Å². The quantitative estimate of drug-likeness (QED) is 0.563. The molecule has 1 atom stereocenters. The number of nitrogens with one attached hydrogen (secondary N) is 1. The largest absolute Gasteiger partial charge is 0.435 e. The van der Waals surface area contributed by atoms with Crippen LogP contribution in [0.25, 0.3) is 22.3 Å². The van der Waals surface area contributed by atoms with E-state index in [4.69, 9.17) is 4.74 Å². The van der Waals surface area contributed by atoms with Crippen LogP contribution < -0.4 is 10.1 Å². The van der Waals surface area contributed by atoms with Crippen LogP contribution in [0.5, 0.6) is 5.75 Å². The molecule has 3 heterocycles. The molecule has 32 heavy (non-hydrogen) atoms. The molecule has 1 aliphatic heterocycles. The summed E-state index contributed by atoms with van der Waals surface area (Å²) in [5.74, 6) is 0.0549. The van der Waals surface area contributed by atoms with Gasteiger partial charge in [-0.15, -0.1) is 0 Å². The van der Waals surface area contributed by atoms with Crippen LogP contribution in [0.4, 0.5) is 8.78 Å². The summed E-state index contributed by atoms with van der Waals surface area (Å²) >= 11 is 0. The highest BCUT2D eigenvalue weighted by Crippen LogP contribution is 2.31. The fourth-order valence-corrected chi connectivity index (χ4v) is 3.37. The van der Waals surface area contributed by atoms with Gasteiger partial charge in [-0.2, -0.15) is 13.9 Å². The number of carbonyl (C=O) groups is 1. The molecule has 1 aromatic carbocycles. The summed E-state index contributed by atoms with van der Waals surface area (Å²) in [5.41, 5.74) is 3.19. The van der Waals surface area contributed by atoms with Gasteiger partial charge in [0.2, 0.25) is 0 Å². The summed E-state index contributed by atoms with van der Waals surface area (Å²) in [6, 6.07) is 8.08. The fourth-order valence-electron chi connectivity index (χ4n) is 3.37. The topological polar surface area (TPSA) is 78.3 Å². The predicted molar refractivity (Wildman–Crippen MR) is 118 cm³/mol. The molecule has 3 aromatic rings. The number of hydrogen-bond donors (Lipinski definition) is 1. The first-order valence-corrected chi connectivity index (χ1v) is 10.4. The van der Waals surface area contributed by atoms with Gasteiger partial charge in [0.25, 0.3) is 0 Å². The van der Waals surface area contributed by atoms with Gasteiger partial charge in [-0.25, -0.2) is 0 Å². The third-order valence-corrected chi connectivity index (χ3v) is 5.35. The number of hydrogen-bond acceptors (Lipinski definition) is 6. The molecule has 1 saturated heterocycles. The van der Waals surface area contributed by atoms with Crippen LogP contribution in [-0.2, 0) is 4.74 Å². The average molecular weight is 446 g/mol. The highest BCUT2D eigenvalue weighted by Gasteiger charge is 2.26. The first kappa shape index (κ1) is 23.7. The van der Waals surface area contributed by atoms with E-state index in [0.717, 1.165) is 25.9 Å². The van der Waals surface area contributed by atoms with Gasteiger partial charge in [-0.3, -0.25) is 14.5 Å². The number of alkyl halides is 2. The van der Waals surface area contributed by atoms with Crippen molar-refractivity contribution in [2.24, 2.45) is 0 Å². The number of likely N-dealkylation sites (N-methyl/N-ethyl adjacent to an activating group) is 1. The van der Waals surface area contributed by atoms with Crippen LogP contribution in [-0.4, -0.2) is 53.5 Å². The smallest absolute Gasteiger partial charge is 0.387 e. The van der Waals surface area contributed by atoms with Crippen molar-refractivity contribution in [1.29, 1.82) is 0 Å². The maximum absolute atomic E-state index is 12.4. The van der Waals surface area contributed by atoms with Crippen molar-refractivity contribution in [3.8, 4) is 17.0 Å². The van der Waals surface area contributed by atoms with Gasteiger partial charge in [0.15, 0.2) is 6.29 Å². The number of nitrogens with zero attached hydrogens (tertiary/aromatic N) is 3. The lowest BCUT2D eigenvalue weighted by atomic mass is 10.0. The second-order valence-electron chi connectivity index (χ2n) is 8.16. The Kier molecular flexibility index (Phi) is 7.52. The summed E-state index contributed by atoms with van der Waals surface area (Å²) in [6.07, 6.45) is 3.33. The van der Waals surface area contributed by atoms with Gasteiger partial charge >= 0.3 is 6.61 Å². The average Bonchev–Trinajstić information content (AvgIpc) is 3.38. The van der Waals surface area contributed by atoms with Crippen LogP contribution in [0.2, 0.25) is 0 Å². The highest BCUT2D eigenvalue weighted by atomic mass is 19.3. The normalized spacial score (nSPS) is 18.1. The zero-order valence-corrected chi connectivity index (χ0v) is 18.6. The maximum Gasteiger partial charge on any atom is 0.387 e. The minimum atomic E-state index is -2.89. The molecule has 0 aliphatic carbocycles. The Balaban J connectivity index is 0.000000305. The fraction of sp³-hybridized carbons (Fsp3) is 0.435. The molecular formula is C23H28F2N4O3. The Morgan fingerprint density at radius 1 is 1.31 bits per heavy atom. The van der Waals surface area contributed by atoms with Gasteiger partial charge < -0.3 is 14.8 Å². The Morgan fingerprint density at radius 3 is 2.66 bits per heavy atom. The van der Waals surface area contributed by atoms with Crippen molar-refractivity contribution >= 4 is 17.3 Å². The number of ether oxygens (including phenoxy) is 2. The summed E-state index contributed by atoms with van der Waals surface area (Å²) in [4.78, 5) is 15.3. The molecule has 172 valence electrons. The molecule has 7 nitrogen and oxygen atoms in total. The van der Waals surface area contributed by atoms with Crippen LogP contribution in [0.1, 0.15) is 43.6 Å². The second-order valence-corrected chi connectivity index (χ2v) is 8.16. The third-order valence-electron chi connectivity index (χ3n) is 5.35. The van der Waals surface area contributed by atoms with Crippen LogP contribution in [0.3, 0.4) is 0 Å². The van der Waals surface area contributed by atoms with Crippen molar-refractivity contribution in [3.63, 3.8) is 0 Å². The molecule has 0 bridgehead atoms. The molecule has 0 spiro atoms. The Morgan fingerprint density at radius 2 is 2.09 bits per heavy atom. The monoisotopic (exact) mass is 446 g/mol. The van der Waals surface area contributed by atoms with Crippen LogP contribution in [0.15, 0.2) is 36.5 Å². The van der Waals surface area contributed by atoms with Crippen molar-refractivity contribution in [2.75, 3.05) is 20.3 Å². The molecule has 0 radical (unpaired) electrons. The Bertz CT molecular complexity index is 1060.